The van der Waals surface area contributed by atoms with Gasteiger partial charge in [0.2, 0.25) is 29.5 Å². The van der Waals surface area contributed by atoms with E-state index < -0.39 is 43.1 Å². The minimum Gasteiger partial charge on any atom is -0.377 e. The molecule has 0 radical (unpaired) electrons. The molecule has 18 nitrogen and oxygen atoms in total. The van der Waals surface area contributed by atoms with Crippen molar-refractivity contribution >= 4 is 36.9 Å². The first-order valence-electron chi connectivity index (χ1n) is 15.9. The fourth-order valence-corrected chi connectivity index (χ4v) is 5.62. The second-order valence-corrected chi connectivity index (χ2v) is 14.1. The van der Waals surface area contributed by atoms with Gasteiger partial charge in [0.05, 0.1) is 45.7 Å². The predicted octanol–water partition coefficient (Wildman–Crippen LogP) is -1.45. The Morgan fingerprint density at radius 2 is 1.28 bits per heavy atom. The summed E-state index contributed by atoms with van der Waals surface area (Å²) in [4.78, 5) is 72.1. The van der Waals surface area contributed by atoms with Crippen LogP contribution in [0.2, 0.25) is 0 Å². The van der Waals surface area contributed by atoms with Gasteiger partial charge in [0, 0.05) is 44.7 Å². The maximum atomic E-state index is 13.2. The van der Waals surface area contributed by atoms with Gasteiger partial charge >= 0.3 is 0 Å². The summed E-state index contributed by atoms with van der Waals surface area (Å²) in [6, 6.07) is -2.12. The third-order valence-corrected chi connectivity index (χ3v) is 9.29. The van der Waals surface area contributed by atoms with E-state index in [1.165, 1.54) is 0 Å². The van der Waals surface area contributed by atoms with Crippen LogP contribution in [0.4, 0.5) is 0 Å². The SMILES string of the molecule is CCP(C)(=O)OC1CCC(C(=O)NC(CCC(=O)NC(CCC(N)=O)C(=O)NCCOCCON)C(=O)NCCOCCON)CC1. The zero-order chi connectivity index (χ0) is 35.1. The molecule has 0 spiro atoms. The van der Waals surface area contributed by atoms with Crippen LogP contribution in [0.1, 0.15) is 58.3 Å². The molecule has 0 saturated heterocycles. The maximum Gasteiger partial charge on any atom is 0.242 e. The lowest BCUT2D eigenvalue weighted by molar-refractivity contribution is -0.133. The number of ether oxygens (including phenoxy) is 2. The van der Waals surface area contributed by atoms with Crippen LogP contribution in [0.25, 0.3) is 0 Å². The van der Waals surface area contributed by atoms with Crippen molar-refractivity contribution in [3.63, 3.8) is 0 Å². The van der Waals surface area contributed by atoms with Gasteiger partial charge in [-0.3, -0.25) is 28.5 Å². The van der Waals surface area contributed by atoms with Crippen molar-refractivity contribution in [3.8, 4) is 0 Å². The van der Waals surface area contributed by atoms with Gasteiger partial charge in [0.15, 0.2) is 7.37 Å². The Balaban J connectivity index is 2.79. The van der Waals surface area contributed by atoms with Gasteiger partial charge in [0.25, 0.3) is 0 Å². The van der Waals surface area contributed by atoms with Gasteiger partial charge < -0.3 is 50.7 Å². The number of amides is 5. The van der Waals surface area contributed by atoms with Crippen molar-refractivity contribution in [1.82, 2.24) is 21.3 Å². The highest BCUT2D eigenvalue weighted by Gasteiger charge is 2.32. The lowest BCUT2D eigenvalue weighted by Crippen LogP contribution is -2.51. The van der Waals surface area contributed by atoms with E-state index in [4.69, 9.17) is 31.5 Å². The van der Waals surface area contributed by atoms with Crippen LogP contribution in [-0.2, 0) is 52.2 Å². The molecule has 3 atom stereocenters. The highest BCUT2D eigenvalue weighted by molar-refractivity contribution is 7.58. The zero-order valence-electron chi connectivity index (χ0n) is 27.5. The van der Waals surface area contributed by atoms with E-state index in [0.29, 0.717) is 31.8 Å². The summed E-state index contributed by atoms with van der Waals surface area (Å²) < 4.78 is 28.7. The average molecular weight is 696 g/mol. The first-order chi connectivity index (χ1) is 22.4. The number of nitrogens with two attached hydrogens (primary N) is 3. The molecule has 10 N–H and O–H groups in total. The summed E-state index contributed by atoms with van der Waals surface area (Å²) in [6.07, 6.45) is 1.87. The molecule has 1 rings (SSSR count). The molecule has 0 aliphatic heterocycles. The van der Waals surface area contributed by atoms with Crippen LogP contribution in [0.15, 0.2) is 0 Å². The van der Waals surface area contributed by atoms with E-state index in [1.807, 2.05) is 0 Å². The van der Waals surface area contributed by atoms with Gasteiger partial charge in [-0.05, 0) is 38.5 Å². The molecule has 0 aromatic carbocycles. The first kappa shape index (κ1) is 42.3. The Hall–Kier alpha value is -2.70. The molecule has 3 unspecified atom stereocenters. The van der Waals surface area contributed by atoms with Crippen molar-refractivity contribution in [2.45, 2.75) is 76.5 Å². The standard InChI is InChI=1S/C28H54N7O11P/c1-3-47(2,41)46-21-6-4-20(5-7-21)26(38)35-23(28(40)33-13-15-43-17-19-45-31)9-11-25(37)34-22(8-10-24(29)36)27(39)32-12-14-42-16-18-44-30/h20-23H,3-19,30-31H2,1-2H3,(H2,29,36)(H,32,39)(H,33,40)(H,34,37)(H,35,38). The Bertz CT molecular complexity index is 1020. The summed E-state index contributed by atoms with van der Waals surface area (Å²) in [7, 11) is -2.67. The van der Waals surface area contributed by atoms with Crippen molar-refractivity contribution in [3.05, 3.63) is 0 Å². The van der Waals surface area contributed by atoms with Crippen LogP contribution in [0, 0.1) is 5.92 Å². The van der Waals surface area contributed by atoms with E-state index >= 15 is 0 Å². The van der Waals surface area contributed by atoms with E-state index in [-0.39, 0.29) is 96.3 Å². The fraction of sp³-hybridized carbons (Fsp3) is 0.821. The number of nitrogens with one attached hydrogen (secondary N) is 4. The number of primary amides is 1. The molecule has 47 heavy (non-hydrogen) atoms. The molecular formula is C28H54N7O11P. The topological polar surface area (TPSA) is 275 Å². The van der Waals surface area contributed by atoms with Crippen LogP contribution < -0.4 is 38.8 Å². The Morgan fingerprint density at radius 1 is 0.766 bits per heavy atom. The molecule has 1 aliphatic carbocycles. The van der Waals surface area contributed by atoms with Crippen molar-refractivity contribution in [2.75, 3.05) is 65.6 Å². The van der Waals surface area contributed by atoms with Gasteiger partial charge in [0.1, 0.15) is 12.1 Å². The molecule has 0 heterocycles. The summed E-state index contributed by atoms with van der Waals surface area (Å²) in [5.74, 6) is 6.89. The Morgan fingerprint density at radius 3 is 1.77 bits per heavy atom. The molecule has 19 heteroatoms. The molecule has 1 fully saturated rings. The fourth-order valence-electron chi connectivity index (χ4n) is 4.63. The third kappa shape index (κ3) is 19.7. The van der Waals surface area contributed by atoms with Crippen molar-refractivity contribution < 1.29 is 52.2 Å². The highest BCUT2D eigenvalue weighted by atomic mass is 31.2. The van der Waals surface area contributed by atoms with E-state index in [2.05, 4.69) is 30.9 Å². The largest absolute Gasteiger partial charge is 0.377 e. The normalized spacial score (nSPS) is 18.7. The summed E-state index contributed by atoms with van der Waals surface area (Å²) in [6.45, 7) is 4.83. The lowest BCUT2D eigenvalue weighted by Gasteiger charge is -2.30. The molecule has 0 aromatic heterocycles. The van der Waals surface area contributed by atoms with Gasteiger partial charge in [-0.15, -0.1) is 0 Å². The van der Waals surface area contributed by atoms with E-state index in [1.54, 1.807) is 13.6 Å². The summed E-state index contributed by atoms with van der Waals surface area (Å²) >= 11 is 0. The van der Waals surface area contributed by atoms with Crippen LogP contribution in [0.5, 0.6) is 0 Å². The number of carbonyl (C=O) groups excluding carboxylic acids is 5. The highest BCUT2D eigenvalue weighted by Crippen LogP contribution is 2.46. The quantitative estimate of drug-likeness (QED) is 0.0310. The van der Waals surface area contributed by atoms with Gasteiger partial charge in [-0.2, -0.15) is 0 Å². The van der Waals surface area contributed by atoms with Crippen molar-refractivity contribution in [2.24, 2.45) is 23.4 Å². The van der Waals surface area contributed by atoms with Crippen LogP contribution >= 0.6 is 7.37 Å². The second kappa shape index (κ2) is 24.4. The summed E-state index contributed by atoms with van der Waals surface area (Å²) in [5.41, 5.74) is 5.24. The van der Waals surface area contributed by atoms with E-state index in [0.717, 1.165) is 0 Å². The number of carbonyl (C=O) groups is 5. The smallest absolute Gasteiger partial charge is 0.242 e. The average Bonchev–Trinajstić information content (AvgIpc) is 3.04. The minimum atomic E-state index is -2.67. The minimum absolute atomic E-state index is 0.0389. The van der Waals surface area contributed by atoms with Crippen LogP contribution in [0.3, 0.4) is 0 Å². The number of rotatable bonds is 26. The van der Waals surface area contributed by atoms with Crippen LogP contribution in [-0.4, -0.2) is 113 Å². The first-order valence-corrected chi connectivity index (χ1v) is 18.1. The monoisotopic (exact) mass is 695 g/mol. The molecule has 0 aromatic rings. The Labute approximate surface area is 275 Å². The van der Waals surface area contributed by atoms with Gasteiger partial charge in [-0.25, -0.2) is 11.8 Å². The molecule has 272 valence electrons. The number of hydrogen-bond donors (Lipinski definition) is 7. The zero-order valence-corrected chi connectivity index (χ0v) is 28.4. The molecular weight excluding hydrogens is 641 g/mol. The molecule has 1 aliphatic rings. The second-order valence-electron chi connectivity index (χ2n) is 11.2. The third-order valence-electron chi connectivity index (χ3n) is 7.40. The molecule has 1 saturated carbocycles. The van der Waals surface area contributed by atoms with Gasteiger partial charge in [-0.1, -0.05) is 6.92 Å². The van der Waals surface area contributed by atoms with E-state index in [9.17, 15) is 28.5 Å². The number of hydrogen-bond acceptors (Lipinski definition) is 13. The molecule has 0 bridgehead atoms. The van der Waals surface area contributed by atoms with Crippen molar-refractivity contribution in [1.29, 1.82) is 0 Å². The Kier molecular flexibility index (Phi) is 22.0. The maximum absolute atomic E-state index is 13.2. The lowest BCUT2D eigenvalue weighted by atomic mass is 9.86. The predicted molar refractivity (Wildman–Crippen MR) is 170 cm³/mol. The summed E-state index contributed by atoms with van der Waals surface area (Å²) in [5, 5.41) is 10.7. The molecule has 5 amide bonds.